The van der Waals surface area contributed by atoms with Crippen molar-refractivity contribution < 1.29 is 17.6 Å². The van der Waals surface area contributed by atoms with Crippen LogP contribution in [0, 0.1) is 6.92 Å². The Morgan fingerprint density at radius 1 is 0.900 bits per heavy atom. The molecule has 0 atom stereocenters. The van der Waals surface area contributed by atoms with Crippen LogP contribution < -0.4 is 16.3 Å². The van der Waals surface area contributed by atoms with Gasteiger partial charge in [-0.2, -0.15) is 0 Å². The van der Waals surface area contributed by atoms with Gasteiger partial charge in [-0.15, -0.1) is 4.68 Å². The van der Waals surface area contributed by atoms with E-state index in [1.807, 2.05) is 49.5 Å². The molecule has 0 saturated heterocycles. The highest BCUT2D eigenvalue weighted by molar-refractivity contribution is 7.85. The number of aryl methyl sites for hydroxylation is 1. The van der Waals surface area contributed by atoms with Crippen LogP contribution in [0.2, 0.25) is 0 Å². The Labute approximate surface area is 176 Å². The molecule has 6 nitrogen and oxygen atoms in total. The molecule has 1 aromatic heterocycles. The molecular formula is C23H23N3O3S. The minimum Gasteiger partial charge on any atom is -0.744 e. The third-order valence-corrected chi connectivity index (χ3v) is 5.53. The third kappa shape index (κ3) is 5.14. The van der Waals surface area contributed by atoms with Crippen LogP contribution in [-0.2, 0) is 16.5 Å². The van der Waals surface area contributed by atoms with E-state index >= 15 is 0 Å². The zero-order chi connectivity index (χ0) is 21.7. The molecule has 0 aliphatic carbocycles. The number of hydrogen-bond acceptors (Lipinski definition) is 5. The Morgan fingerprint density at radius 2 is 1.50 bits per heavy atom. The molecule has 0 aliphatic heterocycles. The maximum Gasteiger partial charge on any atom is 0.299 e. The minimum atomic E-state index is -4.27. The van der Waals surface area contributed by atoms with Crippen LogP contribution >= 0.6 is 0 Å². The Balaban J connectivity index is 0.000000199. The lowest BCUT2D eigenvalue weighted by Crippen LogP contribution is -2.47. The molecule has 1 heterocycles. The summed E-state index contributed by atoms with van der Waals surface area (Å²) >= 11 is 0. The Kier molecular flexibility index (Phi) is 6.34. The SMILES string of the molecule is Cc1ccc(S(=O)(=O)[O-])cc1.Nc1c(Cc2ccccc2)c2ccccc2c[n+]1N. The maximum atomic E-state index is 10.4. The van der Waals surface area contributed by atoms with Crippen molar-refractivity contribution in [1.82, 2.24) is 0 Å². The van der Waals surface area contributed by atoms with E-state index in [1.165, 1.54) is 22.4 Å². The molecule has 0 amide bonds. The van der Waals surface area contributed by atoms with Crippen molar-refractivity contribution in [3.05, 3.63) is 102 Å². The molecule has 0 radical (unpaired) electrons. The smallest absolute Gasteiger partial charge is 0.299 e. The number of nitrogens with zero attached hydrogens (tertiary/aromatic N) is 1. The quantitative estimate of drug-likeness (QED) is 0.300. The highest BCUT2D eigenvalue weighted by atomic mass is 32.2. The van der Waals surface area contributed by atoms with E-state index in [9.17, 15) is 13.0 Å². The van der Waals surface area contributed by atoms with Gasteiger partial charge in [0.15, 0.2) is 0 Å². The second-order valence-electron chi connectivity index (χ2n) is 6.92. The maximum absolute atomic E-state index is 10.4. The number of aromatic nitrogens is 1. The van der Waals surface area contributed by atoms with Gasteiger partial charge >= 0.3 is 0 Å². The Hall–Kier alpha value is -3.42. The van der Waals surface area contributed by atoms with Crippen molar-refractivity contribution in [2.75, 3.05) is 11.6 Å². The molecule has 0 unspecified atom stereocenters. The molecule has 0 spiro atoms. The van der Waals surface area contributed by atoms with Crippen LogP contribution in [0.15, 0.2) is 90.0 Å². The fourth-order valence-electron chi connectivity index (χ4n) is 3.09. The van der Waals surface area contributed by atoms with Crippen LogP contribution in [0.5, 0.6) is 0 Å². The summed E-state index contributed by atoms with van der Waals surface area (Å²) in [7, 11) is -4.27. The molecule has 0 aliphatic rings. The molecule has 0 fully saturated rings. The first-order chi connectivity index (χ1) is 14.3. The number of hydrogen-bond donors (Lipinski definition) is 2. The highest BCUT2D eigenvalue weighted by Gasteiger charge is 2.14. The van der Waals surface area contributed by atoms with E-state index in [1.54, 1.807) is 12.1 Å². The van der Waals surface area contributed by atoms with E-state index in [4.69, 9.17) is 11.6 Å². The summed E-state index contributed by atoms with van der Waals surface area (Å²) in [6, 6.07) is 24.2. The molecule has 7 heteroatoms. The first-order valence-electron chi connectivity index (χ1n) is 9.29. The highest BCUT2D eigenvalue weighted by Crippen LogP contribution is 2.23. The van der Waals surface area contributed by atoms with Crippen LogP contribution in [0.3, 0.4) is 0 Å². The zero-order valence-corrected chi connectivity index (χ0v) is 17.3. The summed E-state index contributed by atoms with van der Waals surface area (Å²) < 4.78 is 32.7. The third-order valence-electron chi connectivity index (χ3n) is 4.68. The zero-order valence-electron chi connectivity index (χ0n) is 16.5. The van der Waals surface area contributed by atoms with Gasteiger partial charge < -0.3 is 4.55 Å². The predicted molar refractivity (Wildman–Crippen MR) is 117 cm³/mol. The molecule has 4 N–H and O–H groups in total. The van der Waals surface area contributed by atoms with E-state index in [0.29, 0.717) is 5.82 Å². The number of nitrogens with two attached hydrogens (primary N) is 2. The summed E-state index contributed by atoms with van der Waals surface area (Å²) in [5.74, 6) is 6.55. The molecule has 4 aromatic rings. The first kappa shape index (κ1) is 21.3. The lowest BCUT2D eigenvalue weighted by molar-refractivity contribution is -0.622. The molecule has 4 rings (SSSR count). The van der Waals surface area contributed by atoms with E-state index in [-0.39, 0.29) is 4.90 Å². The van der Waals surface area contributed by atoms with Gasteiger partial charge in [-0.05, 0) is 30.0 Å². The van der Waals surface area contributed by atoms with Crippen molar-refractivity contribution in [1.29, 1.82) is 0 Å². The normalized spacial score (nSPS) is 11.0. The van der Waals surface area contributed by atoms with Gasteiger partial charge in [0.25, 0.3) is 5.82 Å². The number of fused-ring (bicyclic) bond motifs is 1. The Bertz CT molecular complexity index is 1260. The van der Waals surface area contributed by atoms with Crippen molar-refractivity contribution in [2.24, 2.45) is 0 Å². The van der Waals surface area contributed by atoms with Gasteiger partial charge in [-0.25, -0.2) is 8.42 Å². The molecule has 3 aromatic carbocycles. The summed E-state index contributed by atoms with van der Waals surface area (Å²) in [5.41, 5.74) is 9.37. The summed E-state index contributed by atoms with van der Waals surface area (Å²) in [6.45, 7) is 1.82. The number of rotatable bonds is 3. The second kappa shape index (κ2) is 8.94. The molecule has 0 saturated carbocycles. The monoisotopic (exact) mass is 421 g/mol. The number of anilines is 1. The van der Waals surface area contributed by atoms with E-state index < -0.39 is 10.1 Å². The average Bonchev–Trinajstić information content (AvgIpc) is 2.72. The molecule has 154 valence electrons. The Morgan fingerprint density at radius 3 is 2.13 bits per heavy atom. The van der Waals surface area contributed by atoms with E-state index in [0.717, 1.165) is 28.3 Å². The standard InChI is InChI=1S/C16H15N3.C7H8O3S/c17-16-15(10-12-6-2-1-3-7-12)14-9-5-4-8-13(14)11-19(16)18;1-6-2-4-7(5-3-6)11(8,9)10/h1-9,11,17H,10,18H2;2-5H,1H3,(H,8,9,10). The van der Waals surface area contributed by atoms with Crippen molar-refractivity contribution >= 4 is 26.7 Å². The van der Waals surface area contributed by atoms with Crippen LogP contribution in [0.1, 0.15) is 16.7 Å². The fourth-order valence-corrected chi connectivity index (χ4v) is 3.56. The van der Waals surface area contributed by atoms with Gasteiger partial charge in [0.1, 0.15) is 16.3 Å². The largest absolute Gasteiger partial charge is 0.744 e. The fraction of sp³-hybridized carbons (Fsp3) is 0.0870. The predicted octanol–water partition coefficient (Wildman–Crippen LogP) is 2.91. The molecular weight excluding hydrogens is 398 g/mol. The summed E-state index contributed by atoms with van der Waals surface area (Å²) in [4.78, 5) is -0.178. The number of pyridine rings is 1. The van der Waals surface area contributed by atoms with E-state index in [2.05, 4.69) is 18.2 Å². The summed E-state index contributed by atoms with van der Waals surface area (Å²) in [5, 5.41) is 2.26. The van der Waals surface area contributed by atoms with Crippen molar-refractivity contribution in [3.63, 3.8) is 0 Å². The average molecular weight is 422 g/mol. The lowest BCUT2D eigenvalue weighted by atomic mass is 10.00. The van der Waals surface area contributed by atoms with Gasteiger partial charge in [0, 0.05) is 11.8 Å². The van der Waals surface area contributed by atoms with Gasteiger partial charge in [0.2, 0.25) is 0 Å². The first-order valence-corrected chi connectivity index (χ1v) is 10.7. The minimum absolute atomic E-state index is 0.178. The van der Waals surface area contributed by atoms with Gasteiger partial charge in [-0.3, -0.25) is 11.6 Å². The van der Waals surface area contributed by atoms with Crippen molar-refractivity contribution in [3.8, 4) is 0 Å². The molecule has 30 heavy (non-hydrogen) atoms. The van der Waals surface area contributed by atoms with Crippen LogP contribution in [-0.4, -0.2) is 13.0 Å². The van der Waals surface area contributed by atoms with Crippen LogP contribution in [0.4, 0.5) is 5.82 Å². The number of nitrogen functional groups attached to an aromatic ring is 2. The topological polar surface area (TPSA) is 113 Å². The van der Waals surface area contributed by atoms with Gasteiger partial charge in [-0.1, -0.05) is 72.3 Å². The summed E-state index contributed by atoms with van der Waals surface area (Å²) in [6.07, 6.45) is 2.64. The molecule has 0 bridgehead atoms. The lowest BCUT2D eigenvalue weighted by Gasteiger charge is -2.08. The van der Waals surface area contributed by atoms with Gasteiger partial charge in [0.05, 0.1) is 10.5 Å². The van der Waals surface area contributed by atoms with Crippen LogP contribution in [0.25, 0.3) is 10.8 Å². The second-order valence-corrected chi connectivity index (χ2v) is 8.30. The number of benzene rings is 3. The van der Waals surface area contributed by atoms with Crippen molar-refractivity contribution in [2.45, 2.75) is 18.2 Å².